The normalized spacial score (nSPS) is 20.2. The van der Waals surface area contributed by atoms with Crippen molar-refractivity contribution in [2.45, 2.75) is 38.1 Å². The number of nitrogens with zero attached hydrogens (tertiary/aromatic N) is 4. The predicted molar refractivity (Wildman–Crippen MR) is 95.9 cm³/mol. The van der Waals surface area contributed by atoms with E-state index in [4.69, 9.17) is 0 Å². The molecule has 2 saturated heterocycles. The average Bonchev–Trinajstić information content (AvgIpc) is 3.15. The number of likely N-dealkylation sites (tertiary alicyclic amines) is 1. The van der Waals surface area contributed by atoms with Crippen molar-refractivity contribution < 1.29 is 8.78 Å². The summed E-state index contributed by atoms with van der Waals surface area (Å²) in [5, 5.41) is 9.54. The van der Waals surface area contributed by atoms with Gasteiger partial charge in [-0.05, 0) is 50.9 Å². The maximum atomic E-state index is 13.9. The summed E-state index contributed by atoms with van der Waals surface area (Å²) in [5.74, 6) is -1.70. The second-order valence-electron chi connectivity index (χ2n) is 6.81. The van der Waals surface area contributed by atoms with E-state index in [0.717, 1.165) is 37.1 Å². The van der Waals surface area contributed by atoms with E-state index in [-0.39, 0.29) is 5.56 Å². The van der Waals surface area contributed by atoms with E-state index in [1.54, 1.807) is 6.07 Å². The van der Waals surface area contributed by atoms with Crippen LogP contribution >= 0.6 is 11.3 Å². The van der Waals surface area contributed by atoms with Gasteiger partial charge in [0.25, 0.3) is 0 Å². The molecule has 0 radical (unpaired) electrons. The standard InChI is InChI=1S/C18H22F2N4S/c19-15-6-4-5-14(16(15)20)17-21-22-18(25-17)24-11-7-13(8-12-24)23-9-2-1-3-10-23/h4-6,13H,1-3,7-12H2. The van der Waals surface area contributed by atoms with Crippen molar-refractivity contribution in [2.24, 2.45) is 0 Å². The average molecular weight is 364 g/mol. The number of halogens is 2. The van der Waals surface area contributed by atoms with E-state index >= 15 is 0 Å². The number of hydrogen-bond donors (Lipinski definition) is 0. The maximum absolute atomic E-state index is 13.9. The second-order valence-corrected chi connectivity index (χ2v) is 7.76. The number of piperidine rings is 2. The van der Waals surface area contributed by atoms with Crippen LogP contribution in [0.3, 0.4) is 0 Å². The molecular weight excluding hydrogens is 342 g/mol. The molecule has 2 fully saturated rings. The largest absolute Gasteiger partial charge is 0.347 e. The zero-order chi connectivity index (χ0) is 17.2. The Kier molecular flexibility index (Phi) is 4.94. The molecule has 0 N–H and O–H groups in total. The lowest BCUT2D eigenvalue weighted by atomic mass is 10.0. The van der Waals surface area contributed by atoms with Gasteiger partial charge in [-0.2, -0.15) is 0 Å². The van der Waals surface area contributed by atoms with Crippen molar-refractivity contribution in [1.29, 1.82) is 0 Å². The quantitative estimate of drug-likeness (QED) is 0.826. The highest BCUT2D eigenvalue weighted by Crippen LogP contribution is 2.33. The van der Waals surface area contributed by atoms with Gasteiger partial charge in [-0.3, -0.25) is 0 Å². The Hall–Kier alpha value is -1.60. The monoisotopic (exact) mass is 364 g/mol. The van der Waals surface area contributed by atoms with Crippen molar-refractivity contribution in [3.8, 4) is 10.6 Å². The van der Waals surface area contributed by atoms with Crippen molar-refractivity contribution in [3.05, 3.63) is 29.8 Å². The molecule has 2 aromatic rings. The Bertz CT molecular complexity index is 722. The summed E-state index contributed by atoms with van der Waals surface area (Å²) in [6, 6.07) is 4.83. The Balaban J connectivity index is 1.42. The molecule has 0 amide bonds. The summed E-state index contributed by atoms with van der Waals surface area (Å²) in [6.07, 6.45) is 6.25. The van der Waals surface area contributed by atoms with Crippen LogP contribution in [0.25, 0.3) is 10.6 Å². The van der Waals surface area contributed by atoms with Crippen LogP contribution in [-0.4, -0.2) is 47.3 Å². The highest BCUT2D eigenvalue weighted by molar-refractivity contribution is 7.18. The van der Waals surface area contributed by atoms with Crippen molar-refractivity contribution in [3.63, 3.8) is 0 Å². The molecular formula is C18H22F2N4S. The lowest BCUT2D eigenvalue weighted by molar-refractivity contribution is 0.141. The van der Waals surface area contributed by atoms with Crippen LogP contribution in [0.4, 0.5) is 13.9 Å². The molecule has 0 spiro atoms. The third-order valence-corrected chi connectivity index (χ3v) is 6.26. The van der Waals surface area contributed by atoms with Gasteiger partial charge in [-0.25, -0.2) is 8.78 Å². The molecule has 3 heterocycles. The fourth-order valence-corrected chi connectivity index (χ4v) is 4.74. The van der Waals surface area contributed by atoms with Gasteiger partial charge in [-0.15, -0.1) is 10.2 Å². The highest BCUT2D eigenvalue weighted by Gasteiger charge is 2.27. The van der Waals surface area contributed by atoms with E-state index in [9.17, 15) is 8.78 Å². The fraction of sp³-hybridized carbons (Fsp3) is 0.556. The maximum Gasteiger partial charge on any atom is 0.208 e. The SMILES string of the molecule is Fc1cccc(-c2nnc(N3CCC(N4CCCCC4)CC3)s2)c1F. The first-order valence-corrected chi connectivity index (χ1v) is 9.81. The molecule has 2 aliphatic rings. The van der Waals surface area contributed by atoms with Crippen LogP contribution < -0.4 is 4.90 Å². The molecule has 0 bridgehead atoms. The Morgan fingerprint density at radius 3 is 2.48 bits per heavy atom. The molecule has 0 unspecified atom stereocenters. The van der Waals surface area contributed by atoms with Crippen molar-refractivity contribution in [1.82, 2.24) is 15.1 Å². The molecule has 4 nitrogen and oxygen atoms in total. The van der Waals surface area contributed by atoms with Crippen LogP contribution in [-0.2, 0) is 0 Å². The van der Waals surface area contributed by atoms with E-state index in [1.165, 1.54) is 49.8 Å². The van der Waals surface area contributed by atoms with Crippen molar-refractivity contribution >= 4 is 16.5 Å². The minimum absolute atomic E-state index is 0.187. The summed E-state index contributed by atoms with van der Waals surface area (Å²) in [4.78, 5) is 4.85. The number of benzene rings is 1. The third-order valence-electron chi connectivity index (χ3n) is 5.24. The zero-order valence-corrected chi connectivity index (χ0v) is 14.9. The molecule has 4 rings (SSSR count). The van der Waals surface area contributed by atoms with Crippen LogP contribution in [0.1, 0.15) is 32.1 Å². The van der Waals surface area contributed by atoms with E-state index in [2.05, 4.69) is 20.0 Å². The second kappa shape index (κ2) is 7.33. The topological polar surface area (TPSA) is 32.3 Å². The summed E-state index contributed by atoms with van der Waals surface area (Å²) < 4.78 is 27.4. The molecule has 25 heavy (non-hydrogen) atoms. The van der Waals surface area contributed by atoms with E-state index in [1.807, 2.05) is 0 Å². The summed E-state index contributed by atoms with van der Waals surface area (Å²) in [6.45, 7) is 4.35. The van der Waals surface area contributed by atoms with Gasteiger partial charge in [0.2, 0.25) is 5.13 Å². The molecule has 7 heteroatoms. The van der Waals surface area contributed by atoms with Gasteiger partial charge >= 0.3 is 0 Å². The fourth-order valence-electron chi connectivity index (χ4n) is 3.83. The summed E-state index contributed by atoms with van der Waals surface area (Å²) in [5.41, 5.74) is 0.187. The molecule has 134 valence electrons. The smallest absolute Gasteiger partial charge is 0.208 e. The number of aromatic nitrogens is 2. The molecule has 2 aliphatic heterocycles. The first-order chi connectivity index (χ1) is 12.2. The lowest BCUT2D eigenvalue weighted by Gasteiger charge is -2.40. The molecule has 0 atom stereocenters. The van der Waals surface area contributed by atoms with Crippen LogP contribution in [0.2, 0.25) is 0 Å². The minimum atomic E-state index is -0.853. The molecule has 0 saturated carbocycles. The molecule has 1 aromatic heterocycles. The Morgan fingerprint density at radius 2 is 1.72 bits per heavy atom. The minimum Gasteiger partial charge on any atom is -0.347 e. The number of hydrogen-bond acceptors (Lipinski definition) is 5. The van der Waals surface area contributed by atoms with Crippen LogP contribution in [0.5, 0.6) is 0 Å². The van der Waals surface area contributed by atoms with Gasteiger partial charge in [0.15, 0.2) is 16.6 Å². The summed E-state index contributed by atoms with van der Waals surface area (Å²) in [7, 11) is 0. The van der Waals surface area contributed by atoms with E-state index in [0.29, 0.717) is 11.0 Å². The number of anilines is 1. The van der Waals surface area contributed by atoms with Crippen LogP contribution in [0, 0.1) is 11.6 Å². The number of rotatable bonds is 3. The zero-order valence-electron chi connectivity index (χ0n) is 14.1. The first-order valence-electron chi connectivity index (χ1n) is 8.99. The van der Waals surface area contributed by atoms with Crippen LogP contribution in [0.15, 0.2) is 18.2 Å². The summed E-state index contributed by atoms with van der Waals surface area (Å²) >= 11 is 1.34. The third kappa shape index (κ3) is 3.53. The van der Waals surface area contributed by atoms with E-state index < -0.39 is 11.6 Å². The van der Waals surface area contributed by atoms with Gasteiger partial charge in [0.1, 0.15) is 0 Å². The van der Waals surface area contributed by atoms with Gasteiger partial charge < -0.3 is 9.80 Å². The molecule has 1 aromatic carbocycles. The highest BCUT2D eigenvalue weighted by atomic mass is 32.1. The first kappa shape index (κ1) is 16.8. The Morgan fingerprint density at radius 1 is 0.960 bits per heavy atom. The predicted octanol–water partition coefficient (Wildman–Crippen LogP) is 3.94. The molecule has 0 aliphatic carbocycles. The lowest BCUT2D eigenvalue weighted by Crippen LogP contribution is -2.46. The van der Waals surface area contributed by atoms with Crippen molar-refractivity contribution in [2.75, 3.05) is 31.1 Å². The Labute approximate surface area is 150 Å². The van der Waals surface area contributed by atoms with Gasteiger partial charge in [0.05, 0.1) is 5.56 Å². The van der Waals surface area contributed by atoms with Gasteiger partial charge in [-0.1, -0.05) is 23.8 Å². The van der Waals surface area contributed by atoms with Gasteiger partial charge in [0, 0.05) is 19.1 Å².